The number of Topliss-reactive ketones (excluding diaryl/α,β-unsaturated/α-hetero) is 1. The van der Waals surface area contributed by atoms with E-state index in [2.05, 4.69) is 16.0 Å². The first-order valence-electron chi connectivity index (χ1n) is 9.11. The molecule has 1 N–H and O–H groups in total. The molecule has 2 heterocycles. The lowest BCUT2D eigenvalue weighted by Gasteiger charge is -2.24. The number of hydrogen-bond acceptors (Lipinski definition) is 4. The quantitative estimate of drug-likeness (QED) is 0.787. The van der Waals surface area contributed by atoms with E-state index in [9.17, 15) is 9.59 Å². The average molecular weight is 352 g/mol. The molecule has 26 heavy (non-hydrogen) atoms. The first-order valence-corrected chi connectivity index (χ1v) is 9.11. The van der Waals surface area contributed by atoms with Gasteiger partial charge in [-0.25, -0.2) is 4.79 Å². The predicted molar refractivity (Wildman–Crippen MR) is 99.1 cm³/mol. The van der Waals surface area contributed by atoms with Crippen LogP contribution in [-0.2, 0) is 11.2 Å². The van der Waals surface area contributed by atoms with Crippen LogP contribution < -0.4 is 0 Å². The Labute approximate surface area is 153 Å². The summed E-state index contributed by atoms with van der Waals surface area (Å²) in [7, 11) is 0. The number of pyridine rings is 1. The average Bonchev–Trinajstić information content (AvgIpc) is 3.11. The smallest absolute Gasteiger partial charge is 0.335 e. The molecule has 2 aromatic rings. The van der Waals surface area contributed by atoms with Crippen LogP contribution in [0.5, 0.6) is 0 Å². The third-order valence-electron chi connectivity index (χ3n) is 4.94. The van der Waals surface area contributed by atoms with E-state index < -0.39 is 5.97 Å². The minimum absolute atomic E-state index is 0.199. The molecule has 1 aromatic carbocycles. The molecule has 1 fully saturated rings. The number of aromatic carboxylic acids is 1. The molecule has 0 unspecified atom stereocenters. The van der Waals surface area contributed by atoms with Crippen LogP contribution in [0, 0.1) is 0 Å². The highest BCUT2D eigenvalue weighted by Crippen LogP contribution is 2.31. The van der Waals surface area contributed by atoms with Gasteiger partial charge in [0, 0.05) is 31.3 Å². The van der Waals surface area contributed by atoms with Gasteiger partial charge in [-0.05, 0) is 61.7 Å². The van der Waals surface area contributed by atoms with Gasteiger partial charge in [-0.3, -0.25) is 14.7 Å². The number of carbonyl (C=O) groups excluding carboxylic acids is 1. The zero-order valence-corrected chi connectivity index (χ0v) is 14.8. The van der Waals surface area contributed by atoms with E-state index in [-0.39, 0.29) is 11.3 Å². The Bertz CT molecular complexity index is 744. The molecule has 0 saturated carbocycles. The first kappa shape index (κ1) is 18.3. The van der Waals surface area contributed by atoms with Crippen LogP contribution in [0.4, 0.5) is 0 Å². The van der Waals surface area contributed by atoms with Crippen LogP contribution in [0.1, 0.15) is 53.2 Å². The van der Waals surface area contributed by atoms with Gasteiger partial charge < -0.3 is 5.11 Å². The monoisotopic (exact) mass is 352 g/mol. The molecule has 0 bridgehead atoms. The summed E-state index contributed by atoms with van der Waals surface area (Å²) in [5.74, 6) is -0.748. The number of rotatable bonds is 8. The molecule has 1 saturated heterocycles. The van der Waals surface area contributed by atoms with Crippen molar-refractivity contribution in [2.24, 2.45) is 0 Å². The number of ketones is 1. The van der Waals surface area contributed by atoms with E-state index in [1.807, 2.05) is 12.3 Å². The largest absolute Gasteiger partial charge is 0.478 e. The summed E-state index contributed by atoms with van der Waals surface area (Å²) in [4.78, 5) is 29.7. The maximum atomic E-state index is 12.2. The highest BCUT2D eigenvalue weighted by Gasteiger charge is 2.25. The molecule has 1 aliphatic heterocycles. The van der Waals surface area contributed by atoms with Gasteiger partial charge in [0.05, 0.1) is 5.56 Å². The fourth-order valence-electron chi connectivity index (χ4n) is 3.60. The van der Waals surface area contributed by atoms with Gasteiger partial charge >= 0.3 is 5.97 Å². The SMILES string of the molecule is O=C(CCCN1CCC[C@H]1c1cccnc1)Cc1ccc(C(=O)O)cc1. The zero-order chi connectivity index (χ0) is 18.4. The van der Waals surface area contributed by atoms with E-state index in [1.165, 1.54) is 12.0 Å². The molecule has 0 radical (unpaired) electrons. The van der Waals surface area contributed by atoms with Crippen molar-refractivity contribution in [3.05, 3.63) is 65.5 Å². The van der Waals surface area contributed by atoms with Crippen molar-refractivity contribution in [3.63, 3.8) is 0 Å². The highest BCUT2D eigenvalue weighted by molar-refractivity contribution is 5.88. The Kier molecular flexibility index (Phi) is 6.12. The molecule has 1 atom stereocenters. The fraction of sp³-hybridized carbons (Fsp3) is 0.381. The second-order valence-electron chi connectivity index (χ2n) is 6.80. The Morgan fingerprint density at radius 3 is 2.69 bits per heavy atom. The Morgan fingerprint density at radius 1 is 1.19 bits per heavy atom. The number of carboxylic acid groups (broad SMARTS) is 1. The minimum Gasteiger partial charge on any atom is -0.478 e. The van der Waals surface area contributed by atoms with Crippen LogP contribution >= 0.6 is 0 Å². The van der Waals surface area contributed by atoms with Crippen molar-refractivity contribution in [2.75, 3.05) is 13.1 Å². The number of benzene rings is 1. The summed E-state index contributed by atoms with van der Waals surface area (Å²) in [6.45, 7) is 1.99. The molecular formula is C21H24N2O3. The lowest BCUT2D eigenvalue weighted by molar-refractivity contribution is -0.118. The lowest BCUT2D eigenvalue weighted by Crippen LogP contribution is -2.25. The molecule has 0 spiro atoms. The van der Waals surface area contributed by atoms with Gasteiger partial charge in [0.15, 0.2) is 0 Å². The molecule has 1 aliphatic rings. The van der Waals surface area contributed by atoms with Gasteiger partial charge in [-0.15, -0.1) is 0 Å². The second kappa shape index (κ2) is 8.72. The van der Waals surface area contributed by atoms with Crippen molar-refractivity contribution in [2.45, 2.75) is 38.1 Å². The predicted octanol–water partition coefficient (Wildman–Crippen LogP) is 3.51. The van der Waals surface area contributed by atoms with E-state index in [4.69, 9.17) is 5.11 Å². The maximum Gasteiger partial charge on any atom is 0.335 e. The summed E-state index contributed by atoms with van der Waals surface area (Å²) in [5.41, 5.74) is 2.38. The molecule has 5 heteroatoms. The molecule has 0 aliphatic carbocycles. The molecule has 3 rings (SSSR count). The van der Waals surface area contributed by atoms with Crippen LogP contribution in [0.25, 0.3) is 0 Å². The van der Waals surface area contributed by atoms with E-state index in [0.29, 0.717) is 18.9 Å². The van der Waals surface area contributed by atoms with Crippen LogP contribution in [0.15, 0.2) is 48.8 Å². The number of hydrogen-bond donors (Lipinski definition) is 1. The lowest BCUT2D eigenvalue weighted by atomic mass is 10.0. The molecule has 5 nitrogen and oxygen atoms in total. The van der Waals surface area contributed by atoms with Crippen molar-refractivity contribution >= 4 is 11.8 Å². The molecule has 1 aromatic heterocycles. The summed E-state index contributed by atoms with van der Waals surface area (Å²) in [6, 6.07) is 11.1. The van der Waals surface area contributed by atoms with Crippen molar-refractivity contribution in [1.82, 2.24) is 9.88 Å². The third-order valence-corrected chi connectivity index (χ3v) is 4.94. The summed E-state index contributed by atoms with van der Waals surface area (Å²) >= 11 is 0. The number of aromatic nitrogens is 1. The van der Waals surface area contributed by atoms with Gasteiger partial charge in [0.1, 0.15) is 5.78 Å². The number of likely N-dealkylation sites (tertiary alicyclic amines) is 1. The van der Waals surface area contributed by atoms with E-state index >= 15 is 0 Å². The van der Waals surface area contributed by atoms with Gasteiger partial charge in [0.2, 0.25) is 0 Å². The van der Waals surface area contributed by atoms with Gasteiger partial charge in [-0.2, -0.15) is 0 Å². The number of carboxylic acids is 1. The number of nitrogens with zero attached hydrogens (tertiary/aromatic N) is 2. The van der Waals surface area contributed by atoms with Gasteiger partial charge in [-0.1, -0.05) is 18.2 Å². The van der Waals surface area contributed by atoms with Crippen LogP contribution in [-0.4, -0.2) is 39.8 Å². The Hall–Kier alpha value is -2.53. The van der Waals surface area contributed by atoms with E-state index in [0.717, 1.165) is 31.5 Å². The van der Waals surface area contributed by atoms with E-state index in [1.54, 1.807) is 30.5 Å². The van der Waals surface area contributed by atoms with Gasteiger partial charge in [0.25, 0.3) is 0 Å². The Morgan fingerprint density at radius 2 is 2.00 bits per heavy atom. The third kappa shape index (κ3) is 4.76. The van der Waals surface area contributed by atoms with Crippen molar-refractivity contribution < 1.29 is 14.7 Å². The van der Waals surface area contributed by atoms with Crippen molar-refractivity contribution in [1.29, 1.82) is 0 Å². The standard InChI is InChI=1S/C21H24N2O3/c24-19(14-16-7-9-17(10-8-16)21(25)26)5-2-12-23-13-3-6-20(23)18-4-1-11-22-15-18/h1,4,7-11,15,20H,2-3,5-6,12-14H2,(H,25,26)/t20-/m0/s1. The highest BCUT2D eigenvalue weighted by atomic mass is 16.4. The van der Waals surface area contributed by atoms with Crippen LogP contribution in [0.3, 0.4) is 0 Å². The molecular weight excluding hydrogens is 328 g/mol. The first-order chi connectivity index (χ1) is 12.6. The zero-order valence-electron chi connectivity index (χ0n) is 14.8. The normalized spacial score (nSPS) is 17.3. The summed E-state index contributed by atoms with van der Waals surface area (Å²) in [5, 5.41) is 8.91. The fourth-order valence-corrected chi connectivity index (χ4v) is 3.60. The second-order valence-corrected chi connectivity index (χ2v) is 6.80. The minimum atomic E-state index is -0.948. The molecule has 0 amide bonds. The van der Waals surface area contributed by atoms with Crippen LogP contribution in [0.2, 0.25) is 0 Å². The maximum absolute atomic E-state index is 12.2. The van der Waals surface area contributed by atoms with Crippen molar-refractivity contribution in [3.8, 4) is 0 Å². The summed E-state index contributed by atoms with van der Waals surface area (Å²) in [6.07, 6.45) is 7.84. The number of carbonyl (C=O) groups is 2. The topological polar surface area (TPSA) is 70.5 Å². The Balaban J connectivity index is 1.45. The molecule has 136 valence electrons. The summed E-state index contributed by atoms with van der Waals surface area (Å²) < 4.78 is 0.